The van der Waals surface area contributed by atoms with Gasteiger partial charge in [-0.1, -0.05) is 29.8 Å². The van der Waals surface area contributed by atoms with Crippen molar-refractivity contribution in [2.45, 2.75) is 19.9 Å². The Morgan fingerprint density at radius 3 is 3.00 bits per heavy atom. The number of alkyl carbamates (subject to hydrolysis) is 1. The van der Waals surface area contributed by atoms with E-state index in [1.807, 2.05) is 31.2 Å². The molecular formula is C12H17NO3. The summed E-state index contributed by atoms with van der Waals surface area (Å²) in [7, 11) is 0. The molecule has 1 amide bonds. The second-order valence-corrected chi connectivity index (χ2v) is 3.56. The lowest BCUT2D eigenvalue weighted by molar-refractivity contribution is 0.135. The van der Waals surface area contributed by atoms with Crippen LogP contribution in [0.2, 0.25) is 0 Å². The van der Waals surface area contributed by atoms with E-state index in [0.29, 0.717) is 13.0 Å². The van der Waals surface area contributed by atoms with Crippen molar-refractivity contribution in [1.29, 1.82) is 0 Å². The number of hydrogen-bond acceptors (Lipinski definition) is 3. The maximum Gasteiger partial charge on any atom is 0.407 e. The molecule has 0 aliphatic rings. The van der Waals surface area contributed by atoms with Crippen molar-refractivity contribution >= 4 is 6.09 Å². The highest BCUT2D eigenvalue weighted by molar-refractivity contribution is 5.67. The van der Waals surface area contributed by atoms with Crippen molar-refractivity contribution < 1.29 is 14.6 Å². The monoisotopic (exact) mass is 223 g/mol. The summed E-state index contributed by atoms with van der Waals surface area (Å²) in [6.07, 6.45) is 0.0210. The number of aliphatic hydroxyl groups is 1. The maximum absolute atomic E-state index is 11.2. The Labute approximate surface area is 95.2 Å². The van der Waals surface area contributed by atoms with Gasteiger partial charge in [0.1, 0.15) is 0 Å². The molecule has 0 bridgehead atoms. The number of amides is 1. The van der Waals surface area contributed by atoms with E-state index in [-0.39, 0.29) is 13.2 Å². The minimum absolute atomic E-state index is 0.0329. The fraction of sp³-hybridized carbons (Fsp3) is 0.417. The van der Waals surface area contributed by atoms with Crippen molar-refractivity contribution in [3.8, 4) is 0 Å². The summed E-state index contributed by atoms with van der Waals surface area (Å²) in [5.74, 6) is 0. The summed E-state index contributed by atoms with van der Waals surface area (Å²) in [5, 5.41) is 11.1. The minimum Gasteiger partial charge on any atom is -0.449 e. The van der Waals surface area contributed by atoms with E-state index < -0.39 is 6.09 Å². The molecule has 88 valence electrons. The molecule has 0 aliphatic heterocycles. The first-order valence-corrected chi connectivity index (χ1v) is 5.29. The highest BCUT2D eigenvalue weighted by Crippen LogP contribution is 2.03. The Balaban J connectivity index is 2.26. The molecular weight excluding hydrogens is 206 g/mol. The SMILES string of the molecule is Cc1cccc(CNC(=O)OCCCO)c1. The van der Waals surface area contributed by atoms with Crippen LogP contribution in [-0.4, -0.2) is 24.4 Å². The number of hydrogen-bond donors (Lipinski definition) is 2. The van der Waals surface area contributed by atoms with Crippen molar-refractivity contribution in [2.24, 2.45) is 0 Å². The highest BCUT2D eigenvalue weighted by atomic mass is 16.5. The third kappa shape index (κ3) is 4.79. The van der Waals surface area contributed by atoms with Gasteiger partial charge in [0, 0.05) is 19.6 Å². The number of aliphatic hydroxyl groups excluding tert-OH is 1. The largest absolute Gasteiger partial charge is 0.449 e. The van der Waals surface area contributed by atoms with Crippen LogP contribution >= 0.6 is 0 Å². The zero-order valence-electron chi connectivity index (χ0n) is 9.40. The molecule has 0 heterocycles. The van der Waals surface area contributed by atoms with Gasteiger partial charge in [-0.25, -0.2) is 4.79 Å². The average Bonchev–Trinajstić information content (AvgIpc) is 2.27. The lowest BCUT2D eigenvalue weighted by atomic mass is 10.1. The van der Waals surface area contributed by atoms with Gasteiger partial charge in [0.25, 0.3) is 0 Å². The maximum atomic E-state index is 11.2. The molecule has 0 fully saturated rings. The summed E-state index contributed by atoms with van der Waals surface area (Å²) in [6, 6.07) is 7.90. The van der Waals surface area contributed by atoms with Crippen LogP contribution in [0.15, 0.2) is 24.3 Å². The fourth-order valence-electron chi connectivity index (χ4n) is 1.28. The lowest BCUT2D eigenvalue weighted by Crippen LogP contribution is -2.24. The van der Waals surface area contributed by atoms with E-state index in [2.05, 4.69) is 5.32 Å². The zero-order chi connectivity index (χ0) is 11.8. The van der Waals surface area contributed by atoms with Crippen LogP contribution in [-0.2, 0) is 11.3 Å². The van der Waals surface area contributed by atoms with E-state index >= 15 is 0 Å². The summed E-state index contributed by atoms with van der Waals surface area (Å²) in [4.78, 5) is 11.2. The van der Waals surface area contributed by atoms with E-state index in [0.717, 1.165) is 11.1 Å². The molecule has 0 unspecified atom stereocenters. The molecule has 0 radical (unpaired) electrons. The lowest BCUT2D eigenvalue weighted by Gasteiger charge is -2.06. The minimum atomic E-state index is -0.449. The molecule has 1 aromatic rings. The number of rotatable bonds is 5. The van der Waals surface area contributed by atoms with Gasteiger partial charge >= 0.3 is 6.09 Å². The highest BCUT2D eigenvalue weighted by Gasteiger charge is 2.01. The second kappa shape index (κ2) is 6.85. The first kappa shape index (κ1) is 12.5. The Bertz CT molecular complexity index is 339. The van der Waals surface area contributed by atoms with Crippen molar-refractivity contribution in [3.63, 3.8) is 0 Å². The number of nitrogens with one attached hydrogen (secondary N) is 1. The summed E-state index contributed by atoms with van der Waals surface area (Å²) in [5.41, 5.74) is 2.20. The Morgan fingerprint density at radius 1 is 1.50 bits per heavy atom. The van der Waals surface area contributed by atoms with Gasteiger partial charge in [-0.2, -0.15) is 0 Å². The van der Waals surface area contributed by atoms with E-state index in [4.69, 9.17) is 9.84 Å². The number of carbonyl (C=O) groups is 1. The molecule has 0 saturated heterocycles. The molecule has 1 rings (SSSR count). The van der Waals surface area contributed by atoms with E-state index in [9.17, 15) is 4.79 Å². The molecule has 0 atom stereocenters. The van der Waals surface area contributed by atoms with Crippen LogP contribution < -0.4 is 5.32 Å². The van der Waals surface area contributed by atoms with Gasteiger partial charge in [0.05, 0.1) is 6.61 Å². The van der Waals surface area contributed by atoms with Crippen LogP contribution in [0.3, 0.4) is 0 Å². The first-order valence-electron chi connectivity index (χ1n) is 5.29. The Hall–Kier alpha value is -1.55. The molecule has 0 spiro atoms. The van der Waals surface area contributed by atoms with Crippen molar-refractivity contribution in [3.05, 3.63) is 35.4 Å². The zero-order valence-corrected chi connectivity index (χ0v) is 9.40. The third-order valence-electron chi connectivity index (χ3n) is 2.05. The molecule has 4 heteroatoms. The molecule has 0 saturated carbocycles. The van der Waals surface area contributed by atoms with E-state index in [1.165, 1.54) is 0 Å². The summed E-state index contributed by atoms with van der Waals surface area (Å²) >= 11 is 0. The molecule has 0 aromatic heterocycles. The predicted octanol–water partition coefficient (Wildman–Crippen LogP) is 1.60. The van der Waals surface area contributed by atoms with Crippen LogP contribution in [0.5, 0.6) is 0 Å². The molecule has 1 aromatic carbocycles. The number of aryl methyl sites for hydroxylation is 1. The van der Waals surface area contributed by atoms with Gasteiger partial charge in [0.2, 0.25) is 0 Å². The van der Waals surface area contributed by atoms with Gasteiger partial charge < -0.3 is 15.2 Å². The topological polar surface area (TPSA) is 58.6 Å². The quantitative estimate of drug-likeness (QED) is 0.745. The third-order valence-corrected chi connectivity index (χ3v) is 2.05. The van der Waals surface area contributed by atoms with Gasteiger partial charge in [-0.15, -0.1) is 0 Å². The van der Waals surface area contributed by atoms with Crippen LogP contribution in [0.1, 0.15) is 17.5 Å². The molecule has 16 heavy (non-hydrogen) atoms. The van der Waals surface area contributed by atoms with Crippen LogP contribution in [0, 0.1) is 6.92 Å². The Morgan fingerprint density at radius 2 is 2.31 bits per heavy atom. The number of carbonyl (C=O) groups excluding carboxylic acids is 1. The van der Waals surface area contributed by atoms with Crippen LogP contribution in [0.25, 0.3) is 0 Å². The number of benzene rings is 1. The smallest absolute Gasteiger partial charge is 0.407 e. The van der Waals surface area contributed by atoms with Crippen LogP contribution in [0.4, 0.5) is 4.79 Å². The average molecular weight is 223 g/mol. The molecule has 0 aliphatic carbocycles. The first-order chi connectivity index (χ1) is 7.72. The molecule has 4 nitrogen and oxygen atoms in total. The summed E-state index contributed by atoms with van der Waals surface area (Å²) < 4.78 is 4.82. The van der Waals surface area contributed by atoms with Crippen molar-refractivity contribution in [2.75, 3.05) is 13.2 Å². The van der Waals surface area contributed by atoms with Crippen molar-refractivity contribution in [1.82, 2.24) is 5.32 Å². The number of ether oxygens (including phenoxy) is 1. The summed E-state index contributed by atoms with van der Waals surface area (Å²) in [6.45, 7) is 2.74. The predicted molar refractivity (Wildman–Crippen MR) is 61.1 cm³/mol. The Kier molecular flexibility index (Phi) is 5.36. The fourth-order valence-corrected chi connectivity index (χ4v) is 1.28. The standard InChI is InChI=1S/C12H17NO3/c1-10-4-2-5-11(8-10)9-13-12(15)16-7-3-6-14/h2,4-5,8,14H,3,6-7,9H2,1H3,(H,13,15). The van der Waals surface area contributed by atoms with Gasteiger partial charge in [-0.3, -0.25) is 0 Å². The second-order valence-electron chi connectivity index (χ2n) is 3.56. The van der Waals surface area contributed by atoms with E-state index in [1.54, 1.807) is 0 Å². The molecule has 2 N–H and O–H groups in total. The van der Waals surface area contributed by atoms with Gasteiger partial charge in [0.15, 0.2) is 0 Å². The normalized spacial score (nSPS) is 9.88. The van der Waals surface area contributed by atoms with Gasteiger partial charge in [-0.05, 0) is 12.5 Å².